The van der Waals surface area contributed by atoms with E-state index in [2.05, 4.69) is 5.32 Å². The number of carbonyl (C=O) groups is 2. The Bertz CT molecular complexity index is 245. The topological polar surface area (TPSA) is 75.6 Å². The number of Topliss-reactive ketones (excluding diaryl/α,β-unsaturated/α-hetero) is 1. The van der Waals surface area contributed by atoms with E-state index in [-0.39, 0.29) is 12.4 Å². The van der Waals surface area contributed by atoms with Gasteiger partial charge in [0.25, 0.3) is 0 Å². The van der Waals surface area contributed by atoms with Gasteiger partial charge in [-0.3, -0.25) is 4.79 Å². The van der Waals surface area contributed by atoms with Gasteiger partial charge in [-0.2, -0.15) is 0 Å². The van der Waals surface area contributed by atoms with Gasteiger partial charge in [0.15, 0.2) is 5.78 Å². The zero-order valence-corrected chi connectivity index (χ0v) is 10.4. The van der Waals surface area contributed by atoms with Crippen molar-refractivity contribution in [2.45, 2.75) is 52.2 Å². The standard InChI is InChI=1S/C11H21NO4/c1-8(14)9(6-5-7-13)12-10(15)16-11(2,3)4/h9,13H,5-7H2,1-4H3,(H,12,15)/t9-/m0/s1. The summed E-state index contributed by atoms with van der Waals surface area (Å²) < 4.78 is 5.03. The van der Waals surface area contributed by atoms with Gasteiger partial charge in [0.05, 0.1) is 6.04 Å². The Balaban J connectivity index is 4.19. The van der Waals surface area contributed by atoms with Crippen LogP contribution in [0.5, 0.6) is 0 Å². The highest BCUT2D eigenvalue weighted by atomic mass is 16.6. The van der Waals surface area contributed by atoms with Gasteiger partial charge in [-0.15, -0.1) is 0 Å². The first kappa shape index (κ1) is 14.9. The van der Waals surface area contributed by atoms with E-state index in [1.165, 1.54) is 6.92 Å². The van der Waals surface area contributed by atoms with Crippen molar-refractivity contribution in [3.05, 3.63) is 0 Å². The van der Waals surface area contributed by atoms with Gasteiger partial charge in [0.2, 0.25) is 0 Å². The third kappa shape index (κ3) is 7.23. The molecule has 0 aromatic rings. The number of aliphatic hydroxyl groups is 1. The molecule has 0 aromatic carbocycles. The quantitative estimate of drug-likeness (QED) is 0.746. The Labute approximate surface area is 96.2 Å². The maximum atomic E-state index is 11.4. The molecule has 1 atom stereocenters. The molecular weight excluding hydrogens is 210 g/mol. The van der Waals surface area contributed by atoms with Crippen molar-refractivity contribution < 1.29 is 19.4 Å². The van der Waals surface area contributed by atoms with Crippen molar-refractivity contribution >= 4 is 11.9 Å². The second-order valence-corrected chi connectivity index (χ2v) is 4.68. The molecule has 5 nitrogen and oxygen atoms in total. The Kier molecular flexibility index (Phi) is 6.03. The van der Waals surface area contributed by atoms with Gasteiger partial charge < -0.3 is 15.2 Å². The predicted molar refractivity (Wildman–Crippen MR) is 60.2 cm³/mol. The molecule has 1 amide bonds. The van der Waals surface area contributed by atoms with Crippen LogP contribution in [0.15, 0.2) is 0 Å². The fourth-order valence-corrected chi connectivity index (χ4v) is 1.12. The van der Waals surface area contributed by atoms with Crippen LogP contribution >= 0.6 is 0 Å². The van der Waals surface area contributed by atoms with Crippen LogP contribution in [0.4, 0.5) is 4.79 Å². The number of rotatable bonds is 5. The Morgan fingerprint density at radius 2 is 1.94 bits per heavy atom. The van der Waals surface area contributed by atoms with Crippen molar-refractivity contribution in [1.82, 2.24) is 5.32 Å². The van der Waals surface area contributed by atoms with Crippen LogP contribution in [0.1, 0.15) is 40.5 Å². The SMILES string of the molecule is CC(=O)[C@H](CCCO)NC(=O)OC(C)(C)C. The average Bonchev–Trinajstić information content (AvgIpc) is 2.08. The summed E-state index contributed by atoms with van der Waals surface area (Å²) in [6.07, 6.45) is 0.288. The number of ether oxygens (including phenoxy) is 1. The maximum absolute atomic E-state index is 11.4. The van der Waals surface area contributed by atoms with Crippen molar-refractivity contribution in [1.29, 1.82) is 0 Å². The van der Waals surface area contributed by atoms with Crippen LogP contribution in [-0.4, -0.2) is 35.2 Å². The van der Waals surface area contributed by atoms with Crippen LogP contribution in [0.25, 0.3) is 0 Å². The number of carbonyl (C=O) groups excluding carboxylic acids is 2. The van der Waals surface area contributed by atoms with E-state index < -0.39 is 17.7 Å². The van der Waals surface area contributed by atoms with Crippen molar-refractivity contribution in [2.24, 2.45) is 0 Å². The minimum Gasteiger partial charge on any atom is -0.444 e. The summed E-state index contributed by atoms with van der Waals surface area (Å²) in [4.78, 5) is 22.6. The Morgan fingerprint density at radius 3 is 2.31 bits per heavy atom. The normalized spacial score (nSPS) is 13.1. The zero-order chi connectivity index (χ0) is 12.8. The molecule has 0 fully saturated rings. The molecule has 94 valence electrons. The highest BCUT2D eigenvalue weighted by Crippen LogP contribution is 2.07. The molecule has 0 heterocycles. The van der Waals surface area contributed by atoms with E-state index in [9.17, 15) is 9.59 Å². The van der Waals surface area contributed by atoms with E-state index in [0.29, 0.717) is 12.8 Å². The molecule has 0 aliphatic rings. The first-order chi connectivity index (χ1) is 7.26. The maximum Gasteiger partial charge on any atom is 0.408 e. The molecule has 0 rings (SSSR count). The molecule has 0 aliphatic carbocycles. The van der Waals surface area contributed by atoms with Gasteiger partial charge >= 0.3 is 6.09 Å². The highest BCUT2D eigenvalue weighted by molar-refractivity contribution is 5.85. The smallest absolute Gasteiger partial charge is 0.408 e. The van der Waals surface area contributed by atoms with Crippen LogP contribution in [0, 0.1) is 0 Å². The van der Waals surface area contributed by atoms with E-state index in [1.54, 1.807) is 20.8 Å². The minimum absolute atomic E-state index is 0.000220. The van der Waals surface area contributed by atoms with E-state index >= 15 is 0 Å². The zero-order valence-electron chi connectivity index (χ0n) is 10.4. The third-order valence-electron chi connectivity index (χ3n) is 1.83. The molecule has 2 N–H and O–H groups in total. The summed E-state index contributed by atoms with van der Waals surface area (Å²) in [6, 6.07) is -0.581. The number of amides is 1. The summed E-state index contributed by atoms with van der Waals surface area (Å²) in [5, 5.41) is 11.1. The fourth-order valence-electron chi connectivity index (χ4n) is 1.12. The van der Waals surface area contributed by atoms with Crippen LogP contribution in [0.2, 0.25) is 0 Å². The number of aliphatic hydroxyl groups excluding tert-OH is 1. The summed E-state index contributed by atoms with van der Waals surface area (Å²) in [5.41, 5.74) is -0.581. The van der Waals surface area contributed by atoms with E-state index in [0.717, 1.165) is 0 Å². The second kappa shape index (κ2) is 6.48. The minimum atomic E-state index is -0.606. The van der Waals surface area contributed by atoms with E-state index in [1.807, 2.05) is 0 Å². The summed E-state index contributed by atoms with van der Waals surface area (Å²) in [5.74, 6) is -0.140. The first-order valence-corrected chi connectivity index (χ1v) is 5.37. The molecule has 0 unspecified atom stereocenters. The van der Waals surface area contributed by atoms with Crippen molar-refractivity contribution in [2.75, 3.05) is 6.61 Å². The predicted octanol–water partition coefficient (Wildman–Crippen LogP) is 1.24. The highest BCUT2D eigenvalue weighted by Gasteiger charge is 2.21. The number of ketones is 1. The van der Waals surface area contributed by atoms with Crippen LogP contribution < -0.4 is 5.32 Å². The van der Waals surface area contributed by atoms with Gasteiger partial charge in [-0.1, -0.05) is 0 Å². The number of alkyl carbamates (subject to hydrolysis) is 1. The molecule has 5 heteroatoms. The average molecular weight is 231 g/mol. The van der Waals surface area contributed by atoms with Gasteiger partial charge in [0.1, 0.15) is 5.60 Å². The van der Waals surface area contributed by atoms with Gasteiger partial charge in [-0.05, 0) is 40.5 Å². The summed E-state index contributed by atoms with van der Waals surface area (Å²) >= 11 is 0. The van der Waals surface area contributed by atoms with E-state index in [4.69, 9.17) is 9.84 Å². The molecule has 0 saturated heterocycles. The Hall–Kier alpha value is -1.10. The largest absolute Gasteiger partial charge is 0.444 e. The van der Waals surface area contributed by atoms with Crippen LogP contribution in [-0.2, 0) is 9.53 Å². The monoisotopic (exact) mass is 231 g/mol. The first-order valence-electron chi connectivity index (χ1n) is 5.37. The molecule has 0 radical (unpaired) electrons. The lowest BCUT2D eigenvalue weighted by molar-refractivity contribution is -0.119. The molecular formula is C11H21NO4. The molecule has 16 heavy (non-hydrogen) atoms. The summed E-state index contributed by atoms with van der Waals surface area (Å²) in [7, 11) is 0. The number of nitrogens with one attached hydrogen (secondary N) is 1. The molecule has 0 aliphatic heterocycles. The molecule has 0 spiro atoms. The Morgan fingerprint density at radius 1 is 1.38 bits per heavy atom. The van der Waals surface area contributed by atoms with Gasteiger partial charge in [0, 0.05) is 6.61 Å². The number of hydrogen-bond acceptors (Lipinski definition) is 4. The fraction of sp³-hybridized carbons (Fsp3) is 0.818. The second-order valence-electron chi connectivity index (χ2n) is 4.68. The third-order valence-corrected chi connectivity index (χ3v) is 1.83. The van der Waals surface area contributed by atoms with Crippen LogP contribution in [0.3, 0.4) is 0 Å². The lowest BCUT2D eigenvalue weighted by atomic mass is 10.1. The summed E-state index contributed by atoms with van der Waals surface area (Å²) in [6.45, 7) is 6.66. The van der Waals surface area contributed by atoms with Gasteiger partial charge in [-0.25, -0.2) is 4.79 Å². The molecule has 0 aromatic heterocycles. The lowest BCUT2D eigenvalue weighted by Gasteiger charge is -2.22. The van der Waals surface area contributed by atoms with Crippen molar-refractivity contribution in [3.8, 4) is 0 Å². The molecule has 0 bridgehead atoms. The molecule has 0 saturated carbocycles. The number of hydrogen-bond donors (Lipinski definition) is 2. The lowest BCUT2D eigenvalue weighted by Crippen LogP contribution is -2.42. The van der Waals surface area contributed by atoms with Crippen molar-refractivity contribution in [3.63, 3.8) is 0 Å².